The first-order chi connectivity index (χ1) is 7.15. The van der Waals surface area contributed by atoms with Gasteiger partial charge in [0.15, 0.2) is 0 Å². The fraction of sp³-hybridized carbons (Fsp3) is 0.455. The molecule has 0 fully saturated rings. The Balaban J connectivity index is 2.88. The van der Waals surface area contributed by atoms with Gasteiger partial charge in [-0.3, -0.25) is 0 Å². The number of rotatable bonds is 5. The van der Waals surface area contributed by atoms with Gasteiger partial charge in [-0.25, -0.2) is 0 Å². The molecule has 1 N–H and O–H groups in total. The Kier molecular flexibility index (Phi) is 3.80. The van der Waals surface area contributed by atoms with Crippen molar-refractivity contribution in [3.63, 3.8) is 0 Å². The van der Waals surface area contributed by atoms with E-state index in [2.05, 4.69) is 23.4 Å². The number of hydrogen-bond acceptors (Lipinski definition) is 4. The highest BCUT2D eigenvalue weighted by Crippen LogP contribution is 2.23. The lowest BCUT2D eigenvalue weighted by atomic mass is 10.3. The topological polar surface area (TPSA) is 33.7 Å². The molecule has 0 aromatic rings. The molecule has 0 amide bonds. The summed E-state index contributed by atoms with van der Waals surface area (Å²) in [5.74, 6) is 0.607. The number of likely N-dealkylation sites (N-methyl/N-ethyl adjacent to an activating group) is 1. The average Bonchev–Trinajstić information content (AvgIpc) is 2.55. The maximum absolute atomic E-state index is 5.12. The van der Waals surface area contributed by atoms with Crippen molar-refractivity contribution in [1.82, 2.24) is 10.2 Å². The van der Waals surface area contributed by atoms with Gasteiger partial charge in [0.25, 0.3) is 0 Å². The molecule has 0 aromatic heterocycles. The molecule has 0 saturated carbocycles. The normalized spacial score (nSPS) is 20.2. The minimum atomic E-state index is 0.102. The van der Waals surface area contributed by atoms with E-state index in [1.807, 2.05) is 7.05 Å². The Hall–Kier alpha value is -1.42. The maximum atomic E-state index is 5.12. The van der Waals surface area contributed by atoms with E-state index >= 15 is 0 Å². The molecule has 1 unspecified atom stereocenters. The van der Waals surface area contributed by atoms with E-state index in [-0.39, 0.29) is 6.17 Å². The third-order valence-electron chi connectivity index (χ3n) is 2.46. The minimum absolute atomic E-state index is 0.102. The molecule has 4 nitrogen and oxygen atoms in total. The predicted octanol–water partition coefficient (Wildman–Crippen LogP) is 1.05. The summed E-state index contributed by atoms with van der Waals surface area (Å²) in [6.07, 6.45) is 1.88. The Morgan fingerprint density at radius 1 is 1.60 bits per heavy atom. The van der Waals surface area contributed by atoms with Gasteiger partial charge in [0.1, 0.15) is 17.6 Å². The van der Waals surface area contributed by atoms with E-state index in [4.69, 9.17) is 9.47 Å². The zero-order valence-corrected chi connectivity index (χ0v) is 9.54. The van der Waals surface area contributed by atoms with Crippen molar-refractivity contribution in [3.8, 4) is 0 Å². The first kappa shape index (κ1) is 11.7. The van der Waals surface area contributed by atoms with Crippen LogP contribution in [0.1, 0.15) is 0 Å². The van der Waals surface area contributed by atoms with Crippen molar-refractivity contribution in [1.29, 1.82) is 0 Å². The number of nitrogens with zero attached hydrogens (tertiary/aromatic N) is 1. The standard InChI is InChI=1S/C11H18N2O2/c1-6-9-11(8(2)15-5)12-10(7-14-4)13(9)3/h6,10,12H,1-2,7H2,3-5H3. The van der Waals surface area contributed by atoms with Crippen LogP contribution in [0.4, 0.5) is 0 Å². The third-order valence-corrected chi connectivity index (χ3v) is 2.46. The van der Waals surface area contributed by atoms with Crippen LogP contribution in [0.2, 0.25) is 0 Å². The third kappa shape index (κ3) is 2.15. The monoisotopic (exact) mass is 210 g/mol. The molecule has 0 aromatic carbocycles. The predicted molar refractivity (Wildman–Crippen MR) is 59.9 cm³/mol. The lowest BCUT2D eigenvalue weighted by Gasteiger charge is -2.22. The van der Waals surface area contributed by atoms with Gasteiger partial charge in [0, 0.05) is 14.2 Å². The number of nitrogens with one attached hydrogen (secondary N) is 1. The van der Waals surface area contributed by atoms with Gasteiger partial charge in [0.05, 0.1) is 19.4 Å². The van der Waals surface area contributed by atoms with Crippen LogP contribution in [-0.4, -0.2) is 38.9 Å². The van der Waals surface area contributed by atoms with Crippen LogP contribution >= 0.6 is 0 Å². The van der Waals surface area contributed by atoms with E-state index in [1.165, 1.54) is 0 Å². The largest absolute Gasteiger partial charge is 0.495 e. The van der Waals surface area contributed by atoms with Crippen LogP contribution in [0, 0.1) is 0 Å². The second-order valence-electron chi connectivity index (χ2n) is 3.32. The second-order valence-corrected chi connectivity index (χ2v) is 3.32. The van der Waals surface area contributed by atoms with Crippen molar-refractivity contribution in [2.45, 2.75) is 6.17 Å². The Morgan fingerprint density at radius 3 is 2.73 bits per heavy atom. The molecule has 0 saturated heterocycles. The molecule has 1 aliphatic rings. The lowest BCUT2D eigenvalue weighted by Crippen LogP contribution is -2.38. The Morgan fingerprint density at radius 2 is 2.27 bits per heavy atom. The molecule has 0 aliphatic carbocycles. The van der Waals surface area contributed by atoms with Gasteiger partial charge in [-0.1, -0.05) is 13.2 Å². The molecular formula is C11H18N2O2. The van der Waals surface area contributed by atoms with Crippen LogP contribution in [-0.2, 0) is 9.47 Å². The van der Waals surface area contributed by atoms with Crippen molar-refractivity contribution < 1.29 is 9.47 Å². The molecule has 4 heteroatoms. The van der Waals surface area contributed by atoms with Crippen molar-refractivity contribution >= 4 is 0 Å². The summed E-state index contributed by atoms with van der Waals surface area (Å²) in [6.45, 7) is 8.19. The highest BCUT2D eigenvalue weighted by Gasteiger charge is 2.28. The number of methoxy groups -OCH3 is 2. The number of ether oxygens (including phenoxy) is 2. The van der Waals surface area contributed by atoms with E-state index < -0.39 is 0 Å². The summed E-state index contributed by atoms with van der Waals surface area (Å²) < 4.78 is 10.2. The van der Waals surface area contributed by atoms with Crippen molar-refractivity contribution in [2.24, 2.45) is 0 Å². The van der Waals surface area contributed by atoms with Crippen LogP contribution in [0.5, 0.6) is 0 Å². The van der Waals surface area contributed by atoms with Gasteiger partial charge in [-0.2, -0.15) is 0 Å². The van der Waals surface area contributed by atoms with E-state index in [1.54, 1.807) is 20.3 Å². The lowest BCUT2D eigenvalue weighted by molar-refractivity contribution is 0.124. The fourth-order valence-electron chi connectivity index (χ4n) is 1.56. The zero-order valence-electron chi connectivity index (χ0n) is 9.54. The van der Waals surface area contributed by atoms with Gasteiger partial charge in [-0.15, -0.1) is 0 Å². The van der Waals surface area contributed by atoms with E-state index in [0.717, 1.165) is 11.4 Å². The number of allylic oxidation sites excluding steroid dienone is 1. The summed E-state index contributed by atoms with van der Waals surface area (Å²) in [5, 5.41) is 3.28. The molecule has 84 valence electrons. The van der Waals surface area contributed by atoms with Crippen LogP contribution in [0.15, 0.2) is 36.4 Å². The summed E-state index contributed by atoms with van der Waals surface area (Å²) in [4.78, 5) is 2.05. The minimum Gasteiger partial charge on any atom is -0.495 e. The van der Waals surface area contributed by atoms with Crippen LogP contribution < -0.4 is 5.32 Å². The number of hydrogen-bond donors (Lipinski definition) is 1. The van der Waals surface area contributed by atoms with E-state index in [0.29, 0.717) is 12.4 Å². The highest BCUT2D eigenvalue weighted by atomic mass is 16.5. The fourth-order valence-corrected chi connectivity index (χ4v) is 1.56. The SMILES string of the molecule is C=CC1=C(C(=C)OC)NC(COC)N1C. The van der Waals surface area contributed by atoms with Crippen molar-refractivity contribution in [3.05, 3.63) is 36.4 Å². The molecular weight excluding hydrogens is 192 g/mol. The van der Waals surface area contributed by atoms with Crippen LogP contribution in [0.25, 0.3) is 0 Å². The summed E-state index contributed by atoms with van der Waals surface area (Å²) in [7, 11) is 5.25. The zero-order chi connectivity index (χ0) is 11.4. The molecule has 1 heterocycles. The molecule has 0 bridgehead atoms. The van der Waals surface area contributed by atoms with Gasteiger partial charge in [0.2, 0.25) is 0 Å². The van der Waals surface area contributed by atoms with Gasteiger partial charge in [-0.05, 0) is 6.08 Å². The smallest absolute Gasteiger partial charge is 0.137 e. The molecule has 1 rings (SSSR count). The highest BCUT2D eigenvalue weighted by molar-refractivity contribution is 5.37. The molecule has 0 radical (unpaired) electrons. The quantitative estimate of drug-likeness (QED) is 0.688. The average molecular weight is 210 g/mol. The van der Waals surface area contributed by atoms with Gasteiger partial charge < -0.3 is 19.7 Å². The molecule has 15 heavy (non-hydrogen) atoms. The molecule has 1 atom stereocenters. The first-order valence-electron chi connectivity index (χ1n) is 4.74. The summed E-state index contributed by atoms with van der Waals surface area (Å²) >= 11 is 0. The first-order valence-corrected chi connectivity index (χ1v) is 4.74. The Labute approximate surface area is 90.9 Å². The molecule has 1 aliphatic heterocycles. The van der Waals surface area contributed by atoms with Crippen LogP contribution in [0.3, 0.4) is 0 Å². The Bertz CT molecular complexity index is 297. The summed E-state index contributed by atoms with van der Waals surface area (Å²) in [6, 6.07) is 0. The van der Waals surface area contributed by atoms with Gasteiger partial charge >= 0.3 is 0 Å². The second kappa shape index (κ2) is 4.89. The van der Waals surface area contributed by atoms with E-state index in [9.17, 15) is 0 Å². The maximum Gasteiger partial charge on any atom is 0.137 e. The van der Waals surface area contributed by atoms with Crippen molar-refractivity contribution in [2.75, 3.05) is 27.9 Å². The molecule has 0 spiro atoms. The summed E-state index contributed by atoms with van der Waals surface area (Å²) in [5.41, 5.74) is 1.85.